The number of rotatable bonds is 6. The van der Waals surface area contributed by atoms with Gasteiger partial charge in [-0.2, -0.15) is 0 Å². The lowest BCUT2D eigenvalue weighted by Gasteiger charge is -2.37. The molecule has 2 fully saturated rings. The third-order valence-electron chi connectivity index (χ3n) is 6.01. The number of benzene rings is 1. The highest BCUT2D eigenvalue weighted by molar-refractivity contribution is 5.27. The van der Waals surface area contributed by atoms with E-state index >= 15 is 0 Å². The third kappa shape index (κ3) is 3.68. The van der Waals surface area contributed by atoms with Gasteiger partial charge in [0, 0.05) is 39.3 Å². The second-order valence-corrected chi connectivity index (χ2v) is 7.69. The van der Waals surface area contributed by atoms with Gasteiger partial charge in [0.2, 0.25) is 0 Å². The topological polar surface area (TPSA) is 15.7 Å². The highest BCUT2D eigenvalue weighted by atomic mass is 16.5. The molecule has 1 aromatic carbocycles. The fraction of sp³-hybridized carbons (Fsp3) is 0.619. The van der Waals surface area contributed by atoms with Gasteiger partial charge in [-0.05, 0) is 55.2 Å². The average molecular weight is 326 g/mol. The Morgan fingerprint density at radius 2 is 1.71 bits per heavy atom. The van der Waals surface area contributed by atoms with Crippen LogP contribution in [0.25, 0.3) is 0 Å². The van der Waals surface area contributed by atoms with E-state index in [0.29, 0.717) is 0 Å². The van der Waals surface area contributed by atoms with Crippen LogP contribution in [-0.4, -0.2) is 49.1 Å². The molecule has 3 nitrogen and oxygen atoms in total. The van der Waals surface area contributed by atoms with Crippen LogP contribution in [-0.2, 0) is 6.54 Å². The molecule has 0 amide bonds. The molecular weight excluding hydrogens is 296 g/mol. The maximum Gasteiger partial charge on any atom is 0.119 e. The Morgan fingerprint density at radius 1 is 0.958 bits per heavy atom. The molecule has 0 N–H and O–H groups in total. The molecule has 2 bridgehead atoms. The summed E-state index contributed by atoms with van der Waals surface area (Å²) >= 11 is 0. The minimum absolute atomic E-state index is 0.736. The summed E-state index contributed by atoms with van der Waals surface area (Å²) in [5.74, 6) is 3.70. The monoisotopic (exact) mass is 326 g/mol. The van der Waals surface area contributed by atoms with Crippen LogP contribution in [0, 0.1) is 17.8 Å². The fourth-order valence-electron chi connectivity index (χ4n) is 4.68. The summed E-state index contributed by atoms with van der Waals surface area (Å²) in [6.45, 7) is 10.0. The van der Waals surface area contributed by atoms with Crippen LogP contribution in [0.5, 0.6) is 5.75 Å². The molecule has 24 heavy (non-hydrogen) atoms. The summed E-state index contributed by atoms with van der Waals surface area (Å²) in [5, 5.41) is 0. The predicted octanol–water partition coefficient (Wildman–Crippen LogP) is 3.42. The van der Waals surface area contributed by atoms with Crippen LogP contribution in [0.1, 0.15) is 25.3 Å². The number of hydrogen-bond acceptors (Lipinski definition) is 3. The second kappa shape index (κ2) is 7.28. The second-order valence-electron chi connectivity index (χ2n) is 7.69. The van der Waals surface area contributed by atoms with Crippen LogP contribution in [0.3, 0.4) is 0 Å². The van der Waals surface area contributed by atoms with Crippen molar-refractivity contribution in [1.82, 2.24) is 9.80 Å². The van der Waals surface area contributed by atoms with Gasteiger partial charge >= 0.3 is 0 Å². The zero-order valence-corrected chi connectivity index (χ0v) is 14.9. The van der Waals surface area contributed by atoms with E-state index in [1.807, 2.05) is 6.92 Å². The maximum atomic E-state index is 5.52. The molecule has 0 radical (unpaired) electrons. The summed E-state index contributed by atoms with van der Waals surface area (Å²) in [4.78, 5) is 5.29. The molecular formula is C21H30N2O. The minimum atomic E-state index is 0.736. The summed E-state index contributed by atoms with van der Waals surface area (Å²) < 4.78 is 5.52. The van der Waals surface area contributed by atoms with Crippen molar-refractivity contribution in [2.45, 2.75) is 26.3 Å². The van der Waals surface area contributed by atoms with Crippen molar-refractivity contribution in [3.8, 4) is 5.75 Å². The quantitative estimate of drug-likeness (QED) is 0.745. The van der Waals surface area contributed by atoms with Crippen molar-refractivity contribution < 1.29 is 4.74 Å². The van der Waals surface area contributed by atoms with Crippen molar-refractivity contribution in [3.05, 3.63) is 42.0 Å². The summed E-state index contributed by atoms with van der Waals surface area (Å²) in [5.41, 5.74) is 1.39. The van der Waals surface area contributed by atoms with Gasteiger partial charge in [-0.3, -0.25) is 4.90 Å². The summed E-state index contributed by atoms with van der Waals surface area (Å²) in [6.07, 6.45) is 7.81. The lowest BCUT2D eigenvalue weighted by Crippen LogP contribution is -2.47. The molecule has 3 unspecified atom stereocenters. The van der Waals surface area contributed by atoms with Crippen molar-refractivity contribution in [2.24, 2.45) is 17.8 Å². The van der Waals surface area contributed by atoms with Gasteiger partial charge < -0.3 is 9.64 Å². The first-order valence-corrected chi connectivity index (χ1v) is 9.65. The Labute approximate surface area is 146 Å². The Bertz CT molecular complexity index is 560. The molecule has 130 valence electrons. The van der Waals surface area contributed by atoms with Gasteiger partial charge in [0.25, 0.3) is 0 Å². The zero-order chi connectivity index (χ0) is 16.4. The Hall–Kier alpha value is -1.32. The predicted molar refractivity (Wildman–Crippen MR) is 98.2 cm³/mol. The summed E-state index contributed by atoms with van der Waals surface area (Å²) in [7, 11) is 0. The van der Waals surface area contributed by atoms with E-state index < -0.39 is 0 Å². The molecule has 1 aromatic rings. The zero-order valence-electron chi connectivity index (χ0n) is 14.9. The highest BCUT2D eigenvalue weighted by Gasteiger charge is 2.36. The standard InChI is InChI=1S/C21H30N2O/c1-2-24-21-7-4-17(5-8-21)15-22-9-11-23(12-10-22)16-20-14-18-3-6-19(20)13-18/h3-8,18-20H,2,9-16H2,1H3. The summed E-state index contributed by atoms with van der Waals surface area (Å²) in [6, 6.07) is 8.60. The van der Waals surface area contributed by atoms with Crippen LogP contribution in [0.2, 0.25) is 0 Å². The first-order chi connectivity index (χ1) is 11.8. The van der Waals surface area contributed by atoms with Crippen molar-refractivity contribution in [1.29, 1.82) is 0 Å². The van der Waals surface area contributed by atoms with E-state index in [2.05, 4.69) is 46.2 Å². The minimum Gasteiger partial charge on any atom is -0.494 e. The number of hydrogen-bond donors (Lipinski definition) is 0. The lowest BCUT2D eigenvalue weighted by molar-refractivity contribution is 0.108. The Balaban J connectivity index is 1.22. The van der Waals surface area contributed by atoms with E-state index in [9.17, 15) is 0 Å². The van der Waals surface area contributed by atoms with Crippen LogP contribution in [0.15, 0.2) is 36.4 Å². The molecule has 0 aromatic heterocycles. The Morgan fingerprint density at radius 3 is 2.33 bits per heavy atom. The van der Waals surface area contributed by atoms with Gasteiger partial charge in [-0.25, -0.2) is 0 Å². The lowest BCUT2D eigenvalue weighted by atomic mass is 9.93. The first-order valence-electron chi connectivity index (χ1n) is 9.65. The molecule has 4 rings (SSSR count). The smallest absolute Gasteiger partial charge is 0.119 e. The van der Waals surface area contributed by atoms with E-state index in [0.717, 1.165) is 36.7 Å². The average Bonchev–Trinajstić information content (AvgIpc) is 3.22. The van der Waals surface area contributed by atoms with Gasteiger partial charge in [0.05, 0.1) is 6.61 Å². The first kappa shape index (κ1) is 16.2. The van der Waals surface area contributed by atoms with Gasteiger partial charge in [-0.15, -0.1) is 0 Å². The molecule has 1 aliphatic heterocycles. The van der Waals surface area contributed by atoms with Crippen LogP contribution < -0.4 is 4.74 Å². The van der Waals surface area contributed by atoms with Gasteiger partial charge in [-0.1, -0.05) is 24.3 Å². The van der Waals surface area contributed by atoms with E-state index in [1.165, 1.54) is 51.1 Å². The maximum absolute atomic E-state index is 5.52. The fourth-order valence-corrected chi connectivity index (χ4v) is 4.68. The van der Waals surface area contributed by atoms with Crippen molar-refractivity contribution >= 4 is 0 Å². The van der Waals surface area contributed by atoms with E-state index in [-0.39, 0.29) is 0 Å². The van der Waals surface area contributed by atoms with Crippen LogP contribution >= 0.6 is 0 Å². The molecule has 3 atom stereocenters. The van der Waals surface area contributed by atoms with E-state index in [4.69, 9.17) is 4.74 Å². The molecule has 1 heterocycles. The van der Waals surface area contributed by atoms with Crippen molar-refractivity contribution in [3.63, 3.8) is 0 Å². The number of ether oxygens (including phenoxy) is 1. The molecule has 0 spiro atoms. The molecule has 1 saturated heterocycles. The highest BCUT2D eigenvalue weighted by Crippen LogP contribution is 2.43. The largest absolute Gasteiger partial charge is 0.494 e. The third-order valence-corrected chi connectivity index (χ3v) is 6.01. The molecule has 1 saturated carbocycles. The number of allylic oxidation sites excluding steroid dienone is 2. The normalized spacial score (nSPS) is 30.1. The molecule has 2 aliphatic carbocycles. The molecule has 3 aliphatic rings. The number of fused-ring (bicyclic) bond motifs is 2. The van der Waals surface area contributed by atoms with Crippen molar-refractivity contribution in [2.75, 3.05) is 39.3 Å². The van der Waals surface area contributed by atoms with Gasteiger partial charge in [0.1, 0.15) is 5.75 Å². The number of nitrogens with zero attached hydrogens (tertiary/aromatic N) is 2. The Kier molecular flexibility index (Phi) is 4.91. The molecule has 3 heteroatoms. The SMILES string of the molecule is CCOc1ccc(CN2CCN(CC3CC4C=CC3C4)CC2)cc1. The van der Waals surface area contributed by atoms with Crippen LogP contribution in [0.4, 0.5) is 0 Å². The van der Waals surface area contributed by atoms with E-state index in [1.54, 1.807) is 0 Å². The number of piperazine rings is 1. The van der Waals surface area contributed by atoms with Gasteiger partial charge in [0.15, 0.2) is 0 Å².